The van der Waals surface area contributed by atoms with Crippen LogP contribution in [0.2, 0.25) is 5.02 Å². The van der Waals surface area contributed by atoms with Crippen molar-refractivity contribution in [1.29, 1.82) is 0 Å². The van der Waals surface area contributed by atoms with Crippen molar-refractivity contribution < 1.29 is 4.74 Å². The molecule has 0 spiro atoms. The average molecular weight is 297 g/mol. The summed E-state index contributed by atoms with van der Waals surface area (Å²) < 4.78 is 5.55. The first kappa shape index (κ1) is 15.6. The van der Waals surface area contributed by atoms with Crippen LogP contribution < -0.4 is 10.1 Å². The molecular formula is C16H25ClN2O. The number of nitrogens with zero attached hydrogens (tertiary/aromatic N) is 1. The molecule has 1 aromatic carbocycles. The Morgan fingerprint density at radius 2 is 2.25 bits per heavy atom. The molecule has 1 fully saturated rings. The van der Waals surface area contributed by atoms with Gasteiger partial charge in [-0.05, 0) is 57.6 Å². The van der Waals surface area contributed by atoms with Crippen LogP contribution in [0.5, 0.6) is 5.75 Å². The van der Waals surface area contributed by atoms with Gasteiger partial charge >= 0.3 is 0 Å². The maximum absolute atomic E-state index is 6.48. The Bertz CT molecular complexity index is 438. The highest BCUT2D eigenvalue weighted by atomic mass is 35.5. The number of likely N-dealkylation sites (tertiary alicyclic amines) is 1. The Kier molecular flexibility index (Phi) is 5.70. The van der Waals surface area contributed by atoms with E-state index in [-0.39, 0.29) is 0 Å². The summed E-state index contributed by atoms with van der Waals surface area (Å²) in [5.41, 5.74) is 1.14. The van der Waals surface area contributed by atoms with E-state index in [1.54, 1.807) is 7.11 Å². The van der Waals surface area contributed by atoms with Crippen LogP contribution in [0.1, 0.15) is 31.4 Å². The summed E-state index contributed by atoms with van der Waals surface area (Å²) in [6, 6.07) is 6.25. The van der Waals surface area contributed by atoms with Gasteiger partial charge in [-0.2, -0.15) is 0 Å². The molecule has 2 rings (SSSR count). The van der Waals surface area contributed by atoms with Gasteiger partial charge in [0.15, 0.2) is 0 Å². The lowest BCUT2D eigenvalue weighted by Crippen LogP contribution is -2.40. The highest BCUT2D eigenvalue weighted by Gasteiger charge is 2.33. The number of hydrogen-bond acceptors (Lipinski definition) is 3. The topological polar surface area (TPSA) is 24.5 Å². The molecule has 0 amide bonds. The Morgan fingerprint density at radius 1 is 1.45 bits per heavy atom. The highest BCUT2D eigenvalue weighted by Crippen LogP contribution is 2.42. The maximum Gasteiger partial charge on any atom is 0.125 e. The fourth-order valence-corrected chi connectivity index (χ4v) is 3.52. The molecule has 1 saturated heterocycles. The molecule has 0 radical (unpaired) electrons. The van der Waals surface area contributed by atoms with Gasteiger partial charge in [0.05, 0.1) is 7.11 Å². The van der Waals surface area contributed by atoms with Crippen molar-refractivity contribution in [3.05, 3.63) is 28.8 Å². The lowest BCUT2D eigenvalue weighted by molar-refractivity contribution is 0.117. The van der Waals surface area contributed by atoms with E-state index in [0.717, 1.165) is 36.0 Å². The number of halogens is 1. The molecule has 1 aliphatic rings. The van der Waals surface area contributed by atoms with E-state index in [1.165, 1.54) is 12.8 Å². The molecule has 1 aliphatic heterocycles. The van der Waals surface area contributed by atoms with Crippen molar-refractivity contribution in [2.24, 2.45) is 5.92 Å². The lowest BCUT2D eigenvalue weighted by Gasteiger charge is -2.40. The van der Waals surface area contributed by atoms with E-state index in [9.17, 15) is 0 Å². The van der Waals surface area contributed by atoms with Crippen LogP contribution in [0.25, 0.3) is 0 Å². The third-order valence-electron chi connectivity index (χ3n) is 4.19. The van der Waals surface area contributed by atoms with Crippen molar-refractivity contribution in [2.75, 3.05) is 33.8 Å². The summed E-state index contributed by atoms with van der Waals surface area (Å²) in [7, 11) is 3.91. The van der Waals surface area contributed by atoms with Gasteiger partial charge in [0.1, 0.15) is 5.75 Å². The Labute approximate surface area is 127 Å². The average Bonchev–Trinajstić information content (AvgIpc) is 2.45. The highest BCUT2D eigenvalue weighted by molar-refractivity contribution is 6.31. The lowest BCUT2D eigenvalue weighted by atomic mass is 9.84. The number of ether oxygens (including phenoxy) is 1. The molecule has 4 heteroatoms. The molecule has 1 N–H and O–H groups in total. The van der Waals surface area contributed by atoms with E-state index in [2.05, 4.69) is 24.2 Å². The number of nitrogens with one attached hydrogen (secondary N) is 1. The Balaban J connectivity index is 2.34. The molecule has 2 unspecified atom stereocenters. The van der Waals surface area contributed by atoms with E-state index in [4.69, 9.17) is 16.3 Å². The van der Waals surface area contributed by atoms with Gasteiger partial charge in [0.2, 0.25) is 0 Å². The quantitative estimate of drug-likeness (QED) is 0.902. The summed E-state index contributed by atoms with van der Waals surface area (Å²) in [6.07, 6.45) is 2.48. The molecule has 0 bridgehead atoms. The minimum atomic E-state index is 0.325. The minimum Gasteiger partial charge on any atom is -0.496 e. The van der Waals surface area contributed by atoms with Gasteiger partial charge in [-0.3, -0.25) is 4.90 Å². The first-order valence-electron chi connectivity index (χ1n) is 7.42. The zero-order chi connectivity index (χ0) is 14.5. The largest absolute Gasteiger partial charge is 0.496 e. The van der Waals surface area contributed by atoms with Gasteiger partial charge in [0.25, 0.3) is 0 Å². The van der Waals surface area contributed by atoms with Gasteiger partial charge in [-0.15, -0.1) is 0 Å². The second-order valence-electron chi connectivity index (χ2n) is 5.49. The third kappa shape index (κ3) is 3.27. The van der Waals surface area contributed by atoms with Crippen molar-refractivity contribution >= 4 is 11.6 Å². The smallest absolute Gasteiger partial charge is 0.125 e. The number of rotatable bonds is 5. The number of methoxy groups -OCH3 is 1. The molecule has 0 saturated carbocycles. The normalized spacial score (nSPS) is 23.8. The van der Waals surface area contributed by atoms with Crippen LogP contribution in [0, 0.1) is 5.92 Å². The summed E-state index contributed by atoms with van der Waals surface area (Å²) >= 11 is 6.48. The minimum absolute atomic E-state index is 0.325. The monoisotopic (exact) mass is 296 g/mol. The molecule has 1 aromatic rings. The second-order valence-corrected chi connectivity index (χ2v) is 5.90. The van der Waals surface area contributed by atoms with Crippen molar-refractivity contribution in [3.8, 4) is 5.75 Å². The second kappa shape index (κ2) is 7.30. The van der Waals surface area contributed by atoms with Crippen LogP contribution >= 0.6 is 11.6 Å². The van der Waals surface area contributed by atoms with E-state index in [1.807, 2.05) is 18.2 Å². The van der Waals surface area contributed by atoms with Crippen molar-refractivity contribution in [1.82, 2.24) is 10.2 Å². The summed E-state index contributed by atoms with van der Waals surface area (Å²) in [4.78, 5) is 2.41. The first-order valence-corrected chi connectivity index (χ1v) is 7.80. The van der Waals surface area contributed by atoms with Crippen molar-refractivity contribution in [3.63, 3.8) is 0 Å². The van der Waals surface area contributed by atoms with Crippen LogP contribution in [-0.2, 0) is 0 Å². The predicted octanol–water partition coefficient (Wildman–Crippen LogP) is 3.34. The predicted molar refractivity (Wildman–Crippen MR) is 84.6 cm³/mol. The molecule has 1 heterocycles. The molecule has 0 aliphatic carbocycles. The fraction of sp³-hybridized carbons (Fsp3) is 0.625. The van der Waals surface area contributed by atoms with Gasteiger partial charge < -0.3 is 10.1 Å². The SMILES string of the molecule is CCNCC1CCCN(C)C1c1c(Cl)cccc1OC. The van der Waals surface area contributed by atoms with E-state index in [0.29, 0.717) is 12.0 Å². The zero-order valence-electron chi connectivity index (χ0n) is 12.7. The van der Waals surface area contributed by atoms with Crippen molar-refractivity contribution in [2.45, 2.75) is 25.8 Å². The van der Waals surface area contributed by atoms with Gasteiger partial charge in [-0.1, -0.05) is 24.6 Å². The molecule has 112 valence electrons. The van der Waals surface area contributed by atoms with Crippen LogP contribution in [0.3, 0.4) is 0 Å². The van der Waals surface area contributed by atoms with Crippen LogP contribution in [0.15, 0.2) is 18.2 Å². The third-order valence-corrected chi connectivity index (χ3v) is 4.52. The molecule has 0 aromatic heterocycles. The standard InChI is InChI=1S/C16H25ClN2O/c1-4-18-11-12-7-6-10-19(2)16(12)15-13(17)8-5-9-14(15)20-3/h5,8-9,12,16,18H,4,6-7,10-11H2,1-3H3. The molecule has 20 heavy (non-hydrogen) atoms. The number of piperidine rings is 1. The van der Waals surface area contributed by atoms with E-state index < -0.39 is 0 Å². The van der Waals surface area contributed by atoms with Crippen LogP contribution in [0.4, 0.5) is 0 Å². The first-order chi connectivity index (χ1) is 9.69. The summed E-state index contributed by atoms with van der Waals surface area (Å²) in [5.74, 6) is 1.47. The Morgan fingerprint density at radius 3 is 2.95 bits per heavy atom. The zero-order valence-corrected chi connectivity index (χ0v) is 13.4. The molecular weight excluding hydrogens is 272 g/mol. The van der Waals surface area contributed by atoms with Gasteiger partial charge in [-0.25, -0.2) is 0 Å². The number of benzene rings is 1. The Hall–Kier alpha value is -0.770. The maximum atomic E-state index is 6.48. The molecule has 2 atom stereocenters. The summed E-state index contributed by atoms with van der Waals surface area (Å²) in [6.45, 7) is 5.30. The fourth-order valence-electron chi connectivity index (χ4n) is 3.24. The van der Waals surface area contributed by atoms with Crippen LogP contribution in [-0.4, -0.2) is 38.7 Å². The van der Waals surface area contributed by atoms with E-state index >= 15 is 0 Å². The molecule has 3 nitrogen and oxygen atoms in total. The summed E-state index contributed by atoms with van der Waals surface area (Å²) in [5, 5.41) is 4.29. The number of hydrogen-bond donors (Lipinski definition) is 1. The van der Waals surface area contributed by atoms with Gasteiger partial charge in [0, 0.05) is 16.6 Å².